The lowest BCUT2D eigenvalue weighted by molar-refractivity contribution is 0.670. The summed E-state index contributed by atoms with van der Waals surface area (Å²) in [5.41, 5.74) is 14.3. The van der Waals surface area contributed by atoms with Crippen molar-refractivity contribution in [3.8, 4) is 44.5 Å². The molecule has 0 unspecified atom stereocenters. The van der Waals surface area contributed by atoms with Crippen molar-refractivity contribution in [3.05, 3.63) is 224 Å². The summed E-state index contributed by atoms with van der Waals surface area (Å²) in [7, 11) is 0. The molecule has 2 nitrogen and oxygen atoms in total. The molecule has 0 amide bonds. The molecule has 0 fully saturated rings. The molecule has 0 aliphatic carbocycles. The third-order valence-corrected chi connectivity index (χ3v) is 11.5. The van der Waals surface area contributed by atoms with Crippen molar-refractivity contribution in [2.45, 2.75) is 0 Å². The van der Waals surface area contributed by atoms with Crippen LogP contribution in [-0.4, -0.2) is 0 Å². The smallest absolute Gasteiger partial charge is 0.145 e. The first-order valence-electron chi connectivity index (χ1n) is 19.8. The van der Waals surface area contributed by atoms with Crippen molar-refractivity contribution >= 4 is 60.5 Å². The minimum absolute atomic E-state index is 0.867. The SMILES string of the molecule is c1ccc(-c2cccc(-c3ccccc3)c2-c2ccc(N(c3cccc4ccc5ccccc5c34)c3ccc(-c4ccccc4)c4oc5ccccc5c34)cc2)cc1. The van der Waals surface area contributed by atoms with Crippen LogP contribution in [0.3, 0.4) is 0 Å². The molecule has 11 rings (SSSR count). The Bertz CT molecular complexity index is 3200. The molecule has 11 aromatic rings. The van der Waals surface area contributed by atoms with Crippen LogP contribution in [0.5, 0.6) is 0 Å². The number of anilines is 3. The highest BCUT2D eigenvalue weighted by molar-refractivity contribution is 6.20. The van der Waals surface area contributed by atoms with Gasteiger partial charge < -0.3 is 9.32 Å². The van der Waals surface area contributed by atoms with E-state index < -0.39 is 0 Å². The van der Waals surface area contributed by atoms with Crippen molar-refractivity contribution in [1.82, 2.24) is 0 Å². The molecule has 0 saturated carbocycles. The number of benzene rings is 10. The summed E-state index contributed by atoms with van der Waals surface area (Å²) in [5.74, 6) is 0. The number of para-hydroxylation sites is 1. The number of nitrogens with zero attached hydrogens (tertiary/aromatic N) is 1. The monoisotopic (exact) mass is 739 g/mol. The Hall–Kier alpha value is -7.68. The van der Waals surface area contributed by atoms with Crippen molar-refractivity contribution in [2.75, 3.05) is 4.90 Å². The Morgan fingerprint density at radius 2 is 0.845 bits per heavy atom. The van der Waals surface area contributed by atoms with Crippen molar-refractivity contribution in [3.63, 3.8) is 0 Å². The van der Waals surface area contributed by atoms with E-state index in [-0.39, 0.29) is 0 Å². The number of hydrogen-bond acceptors (Lipinski definition) is 2. The normalized spacial score (nSPS) is 11.4. The van der Waals surface area contributed by atoms with E-state index >= 15 is 0 Å². The molecule has 2 heteroatoms. The quantitative estimate of drug-likeness (QED) is 0.151. The third-order valence-electron chi connectivity index (χ3n) is 11.5. The highest BCUT2D eigenvalue weighted by Crippen LogP contribution is 2.49. The zero-order valence-corrected chi connectivity index (χ0v) is 31.7. The van der Waals surface area contributed by atoms with Gasteiger partial charge in [-0.15, -0.1) is 0 Å². The molecular formula is C56H37NO. The lowest BCUT2D eigenvalue weighted by Gasteiger charge is -2.29. The average Bonchev–Trinajstić information content (AvgIpc) is 3.70. The Morgan fingerprint density at radius 1 is 0.310 bits per heavy atom. The Labute approximate surface area is 337 Å². The Kier molecular flexibility index (Phi) is 8.19. The second-order valence-electron chi connectivity index (χ2n) is 14.8. The summed E-state index contributed by atoms with van der Waals surface area (Å²) in [6.07, 6.45) is 0. The molecule has 0 aliphatic heterocycles. The van der Waals surface area contributed by atoms with E-state index in [4.69, 9.17) is 4.42 Å². The van der Waals surface area contributed by atoms with Crippen LogP contribution >= 0.6 is 0 Å². The fourth-order valence-electron chi connectivity index (χ4n) is 8.83. The van der Waals surface area contributed by atoms with E-state index in [0.29, 0.717) is 0 Å². The van der Waals surface area contributed by atoms with Crippen molar-refractivity contribution in [2.24, 2.45) is 0 Å². The maximum Gasteiger partial charge on any atom is 0.145 e. The fraction of sp³-hybridized carbons (Fsp3) is 0. The number of hydrogen-bond donors (Lipinski definition) is 0. The minimum atomic E-state index is 0.867. The zero-order valence-electron chi connectivity index (χ0n) is 31.7. The first kappa shape index (κ1) is 33.6. The van der Waals surface area contributed by atoms with Gasteiger partial charge in [0.15, 0.2) is 0 Å². The molecule has 0 aliphatic rings. The van der Waals surface area contributed by atoms with Gasteiger partial charge in [-0.1, -0.05) is 188 Å². The van der Waals surface area contributed by atoms with Crippen LogP contribution in [-0.2, 0) is 0 Å². The van der Waals surface area contributed by atoms with Crippen LogP contribution in [0.15, 0.2) is 229 Å². The molecule has 10 aromatic carbocycles. The van der Waals surface area contributed by atoms with Gasteiger partial charge in [-0.05, 0) is 91.5 Å². The zero-order chi connectivity index (χ0) is 38.4. The van der Waals surface area contributed by atoms with Crippen molar-refractivity contribution in [1.29, 1.82) is 0 Å². The van der Waals surface area contributed by atoms with Gasteiger partial charge in [-0.25, -0.2) is 0 Å². The van der Waals surface area contributed by atoms with Gasteiger partial charge in [0.1, 0.15) is 11.2 Å². The molecule has 0 saturated heterocycles. The van der Waals surface area contributed by atoms with Crippen LogP contribution in [0.4, 0.5) is 17.1 Å². The summed E-state index contributed by atoms with van der Waals surface area (Å²) in [5, 5.41) is 6.99. The topological polar surface area (TPSA) is 16.4 Å². The van der Waals surface area contributed by atoms with Gasteiger partial charge in [0, 0.05) is 22.0 Å². The summed E-state index contributed by atoms with van der Waals surface area (Å²) in [6, 6.07) is 80.6. The van der Waals surface area contributed by atoms with Gasteiger partial charge in [-0.3, -0.25) is 0 Å². The second kappa shape index (κ2) is 14.1. The fourth-order valence-corrected chi connectivity index (χ4v) is 8.83. The van der Waals surface area contributed by atoms with Gasteiger partial charge in [0.25, 0.3) is 0 Å². The average molecular weight is 740 g/mol. The maximum absolute atomic E-state index is 6.82. The van der Waals surface area contributed by atoms with E-state index in [9.17, 15) is 0 Å². The molecule has 272 valence electrons. The molecule has 0 spiro atoms. The highest BCUT2D eigenvalue weighted by Gasteiger charge is 2.24. The van der Waals surface area contributed by atoms with Crippen LogP contribution in [0.1, 0.15) is 0 Å². The number of fused-ring (bicyclic) bond motifs is 6. The molecule has 1 aromatic heterocycles. The van der Waals surface area contributed by atoms with Crippen LogP contribution in [0, 0.1) is 0 Å². The van der Waals surface area contributed by atoms with E-state index in [1.165, 1.54) is 49.4 Å². The molecule has 58 heavy (non-hydrogen) atoms. The maximum atomic E-state index is 6.82. The summed E-state index contributed by atoms with van der Waals surface area (Å²) in [6.45, 7) is 0. The molecule has 0 radical (unpaired) electrons. The Balaban J connectivity index is 1.19. The molecule has 0 N–H and O–H groups in total. The number of furan rings is 1. The summed E-state index contributed by atoms with van der Waals surface area (Å²) < 4.78 is 6.82. The largest absolute Gasteiger partial charge is 0.455 e. The van der Waals surface area contributed by atoms with Gasteiger partial charge >= 0.3 is 0 Å². The summed E-state index contributed by atoms with van der Waals surface area (Å²) >= 11 is 0. The van der Waals surface area contributed by atoms with Gasteiger partial charge in [0.05, 0.1) is 16.8 Å². The summed E-state index contributed by atoms with van der Waals surface area (Å²) in [4.78, 5) is 2.44. The number of rotatable bonds is 7. The second-order valence-corrected chi connectivity index (χ2v) is 14.8. The highest BCUT2D eigenvalue weighted by atomic mass is 16.3. The predicted octanol–water partition coefficient (Wildman–Crippen LogP) is 16.0. The standard InChI is InChI=1S/C56H37NO/c1-4-16-38(17-5-1)45-26-15-27-46(39-18-6-2-7-19-39)53(45)43-32-34-44(35-33-43)57(50-28-14-23-42-31-30-41-22-10-11-24-47(41)54(42)50)51-37-36-48(40-20-8-3-9-21-40)56-55(51)49-25-12-13-29-52(49)58-56/h1-37H. The molecule has 0 bridgehead atoms. The van der Waals surface area contributed by atoms with Crippen LogP contribution in [0.25, 0.3) is 88.0 Å². The van der Waals surface area contributed by atoms with Crippen LogP contribution in [0.2, 0.25) is 0 Å². The van der Waals surface area contributed by atoms with Crippen LogP contribution < -0.4 is 4.90 Å². The van der Waals surface area contributed by atoms with Gasteiger partial charge in [0.2, 0.25) is 0 Å². The molecular weight excluding hydrogens is 703 g/mol. The van der Waals surface area contributed by atoms with E-state index in [2.05, 4.69) is 229 Å². The lowest BCUT2D eigenvalue weighted by atomic mass is 9.87. The first-order valence-corrected chi connectivity index (χ1v) is 19.8. The Morgan fingerprint density at radius 3 is 1.53 bits per heavy atom. The van der Waals surface area contributed by atoms with Crippen molar-refractivity contribution < 1.29 is 4.42 Å². The first-order chi connectivity index (χ1) is 28.8. The predicted molar refractivity (Wildman–Crippen MR) is 245 cm³/mol. The van der Waals surface area contributed by atoms with Gasteiger partial charge in [-0.2, -0.15) is 0 Å². The molecule has 1 heterocycles. The lowest BCUT2D eigenvalue weighted by Crippen LogP contribution is -2.11. The van der Waals surface area contributed by atoms with E-state index in [0.717, 1.165) is 55.7 Å². The minimum Gasteiger partial charge on any atom is -0.455 e. The molecule has 0 atom stereocenters. The van der Waals surface area contributed by atoms with E-state index in [1.54, 1.807) is 0 Å². The third kappa shape index (κ3) is 5.66. The van der Waals surface area contributed by atoms with E-state index in [1.807, 2.05) is 0 Å².